The first kappa shape index (κ1) is 22.3. The first-order valence-corrected chi connectivity index (χ1v) is 14.5. The lowest BCUT2D eigenvalue weighted by Crippen LogP contribution is -2.52. The van der Waals surface area contributed by atoms with Crippen molar-refractivity contribution in [2.75, 3.05) is 0 Å². The van der Waals surface area contributed by atoms with E-state index in [4.69, 9.17) is 0 Å². The largest absolute Gasteiger partial charge is 0.124 e. The van der Waals surface area contributed by atoms with Crippen LogP contribution in [0.5, 0.6) is 0 Å². The van der Waals surface area contributed by atoms with Gasteiger partial charge in [-0.05, 0) is 0 Å². The lowest BCUT2D eigenvalue weighted by atomic mass is 10.3. The molecule has 0 aliphatic rings. The molecule has 0 saturated heterocycles. The van der Waals surface area contributed by atoms with Crippen molar-refractivity contribution in [1.82, 2.24) is 0 Å². The second-order valence-corrected chi connectivity index (χ2v) is 28.4. The van der Waals surface area contributed by atoms with E-state index in [0.29, 0.717) is 3.86 Å². The fourth-order valence-corrected chi connectivity index (χ4v) is 12.1. The Labute approximate surface area is 227 Å². The van der Waals surface area contributed by atoms with E-state index in [0.717, 1.165) is 0 Å². The molecule has 0 aromatic rings. The Morgan fingerprint density at radius 2 is 0.733 bits per heavy atom. The molecule has 15 heavy (non-hydrogen) atoms. The summed E-state index contributed by atoms with van der Waals surface area (Å²) in [6, 6.07) is 0. The monoisotopic (exact) mass is 1330 g/mol. The van der Waals surface area contributed by atoms with E-state index in [1.54, 1.807) is 0 Å². The van der Waals surface area contributed by atoms with Gasteiger partial charge in [0.25, 0.3) is 0 Å². The highest BCUT2D eigenvalue weighted by Gasteiger charge is 2.61. The molecule has 0 aliphatic heterocycles. The summed E-state index contributed by atoms with van der Waals surface area (Å²) in [6.07, 6.45) is 0. The molecule has 10 heteroatoms. The molecule has 92 valence electrons. The number of hydrogen-bond acceptors (Lipinski definition) is 0. The Morgan fingerprint density at radius 3 is 0.867 bits per heavy atom. The number of halogens is 10. The van der Waals surface area contributed by atoms with E-state index in [1.807, 2.05) is 0 Å². The van der Waals surface area contributed by atoms with Gasteiger partial charge in [-0.25, -0.2) is 0 Å². The SMILES string of the molecule is IC(I)C(I)(I)C(I)(I)C(I)(I)C(I)I. The molecular weight excluding hydrogens is 1330 g/mol. The van der Waals surface area contributed by atoms with Crippen molar-refractivity contribution >= 4 is 226 Å². The van der Waals surface area contributed by atoms with Crippen LogP contribution in [-0.2, 0) is 0 Å². The maximum atomic E-state index is 2.63. The van der Waals surface area contributed by atoms with E-state index >= 15 is 0 Å². The first-order chi connectivity index (χ1) is 6.39. The predicted molar refractivity (Wildman–Crippen MR) is 156 cm³/mol. The molecule has 0 saturated carbocycles. The third kappa shape index (κ3) is 5.70. The van der Waals surface area contributed by atoms with Gasteiger partial charge in [0.05, 0.1) is 3.86 Å². The second kappa shape index (κ2) is 8.96. The van der Waals surface area contributed by atoms with Gasteiger partial charge in [-0.3, -0.25) is 0 Å². The Kier molecular flexibility index (Phi) is 13.3. The minimum atomic E-state index is 0.192. The Balaban J connectivity index is 5.30. The molecule has 0 aromatic heterocycles. The van der Waals surface area contributed by atoms with Crippen LogP contribution < -0.4 is 0 Å². The molecular formula is C5H2I10. The van der Waals surface area contributed by atoms with Crippen molar-refractivity contribution in [1.29, 1.82) is 0 Å². The molecule has 0 nitrogen and oxygen atoms in total. The molecule has 0 radical (unpaired) electrons. The zero-order chi connectivity index (χ0) is 12.7. The highest BCUT2D eigenvalue weighted by molar-refractivity contribution is 14.2. The summed E-state index contributed by atoms with van der Waals surface area (Å²) in [5.74, 6) is 0. The molecule has 0 unspecified atom stereocenters. The van der Waals surface area contributed by atoms with Crippen molar-refractivity contribution in [3.8, 4) is 0 Å². The van der Waals surface area contributed by atoms with Crippen LogP contribution in [0, 0.1) is 0 Å². The fourth-order valence-electron chi connectivity index (χ4n) is 0.496. The molecule has 0 rings (SSSR count). The average Bonchev–Trinajstić information content (AvgIpc) is 2.02. The highest BCUT2D eigenvalue weighted by atomic mass is 127. The first-order valence-electron chi connectivity index (χ1n) is 3.08. The van der Waals surface area contributed by atoms with Crippen molar-refractivity contribution in [3.63, 3.8) is 0 Å². The predicted octanol–water partition coefficient (Wildman–Crippen LogP) is 8.08. The molecule has 0 fully saturated rings. The molecule has 0 amide bonds. The smallest absolute Gasteiger partial charge is 0.0686 e. The maximum absolute atomic E-state index is 2.63. The number of alkyl halides is 10. The van der Waals surface area contributed by atoms with Crippen LogP contribution in [0.2, 0.25) is 0 Å². The van der Waals surface area contributed by atoms with Crippen LogP contribution in [0.1, 0.15) is 0 Å². The molecule has 0 spiro atoms. The van der Waals surface area contributed by atoms with Crippen molar-refractivity contribution < 1.29 is 0 Å². The standard InChI is InChI=1S/C5H2I10/c6-1(7)3(10,11)5(14,15)4(12,13)2(8)9/h1-2H. The highest BCUT2D eigenvalue weighted by Crippen LogP contribution is 2.67. The quantitative estimate of drug-likeness (QED) is 0.198. The summed E-state index contributed by atoms with van der Waals surface area (Å²) in [6.45, 7) is 0. The summed E-state index contributed by atoms with van der Waals surface area (Å²) in [7, 11) is 0. The number of hydrogen-bond donors (Lipinski definition) is 0. The van der Waals surface area contributed by atoms with Gasteiger partial charge < -0.3 is 0 Å². The molecule has 0 aromatic carbocycles. The third-order valence-corrected chi connectivity index (χ3v) is 32.0. The zero-order valence-electron chi connectivity index (χ0n) is 6.43. The topological polar surface area (TPSA) is 0 Å². The molecule has 0 aliphatic carbocycles. The van der Waals surface area contributed by atoms with Crippen LogP contribution >= 0.6 is 226 Å². The van der Waals surface area contributed by atoms with Gasteiger partial charge in [0, 0.05) is 0 Å². The van der Waals surface area contributed by atoms with Crippen LogP contribution in [0.3, 0.4) is 0 Å². The van der Waals surface area contributed by atoms with Crippen LogP contribution in [-0.4, -0.2) is 8.15 Å². The minimum Gasteiger partial charge on any atom is -0.0686 e. The van der Waals surface area contributed by atoms with Gasteiger partial charge in [0.2, 0.25) is 0 Å². The average molecular weight is 1330 g/mol. The van der Waals surface area contributed by atoms with Gasteiger partial charge in [0.15, 0.2) is 0 Å². The summed E-state index contributed by atoms with van der Waals surface area (Å²) in [4.78, 5) is 0. The van der Waals surface area contributed by atoms with E-state index in [9.17, 15) is 0 Å². The lowest BCUT2D eigenvalue weighted by molar-refractivity contribution is 0.848. The molecule has 0 heterocycles. The van der Waals surface area contributed by atoms with Crippen molar-refractivity contribution in [2.45, 2.75) is 8.15 Å². The molecule has 0 bridgehead atoms. The normalized spacial score (nSPS) is 15.2. The lowest BCUT2D eigenvalue weighted by Gasteiger charge is -2.45. The third-order valence-electron chi connectivity index (χ3n) is 1.39. The van der Waals surface area contributed by atoms with Crippen LogP contribution in [0.25, 0.3) is 0 Å². The van der Waals surface area contributed by atoms with Crippen LogP contribution in [0.4, 0.5) is 0 Å². The molecule has 0 N–H and O–H groups in total. The summed E-state index contributed by atoms with van der Waals surface area (Å²) < 4.78 is 1.83. The van der Waals surface area contributed by atoms with Gasteiger partial charge in [-0.1, -0.05) is 226 Å². The van der Waals surface area contributed by atoms with E-state index < -0.39 is 0 Å². The second-order valence-electron chi connectivity index (χ2n) is 2.42. The summed E-state index contributed by atoms with van der Waals surface area (Å²) in [5.41, 5.74) is 0. The Bertz CT molecular complexity index is 196. The Morgan fingerprint density at radius 1 is 0.533 bits per heavy atom. The zero-order valence-corrected chi connectivity index (χ0v) is 28.0. The van der Waals surface area contributed by atoms with Gasteiger partial charge >= 0.3 is 0 Å². The Hall–Kier alpha value is 7.30. The van der Waals surface area contributed by atoms with Crippen molar-refractivity contribution in [3.05, 3.63) is 0 Å². The summed E-state index contributed by atoms with van der Waals surface area (Å²) in [5, 5.41) is 0. The van der Waals surface area contributed by atoms with Crippen LogP contribution in [0.15, 0.2) is 0 Å². The van der Waals surface area contributed by atoms with Gasteiger partial charge in [-0.15, -0.1) is 0 Å². The van der Waals surface area contributed by atoms with Gasteiger partial charge in [-0.2, -0.15) is 0 Å². The van der Waals surface area contributed by atoms with Crippen molar-refractivity contribution in [2.24, 2.45) is 0 Å². The van der Waals surface area contributed by atoms with Gasteiger partial charge in [0.1, 0.15) is 4.29 Å². The minimum absolute atomic E-state index is 0.192. The summed E-state index contributed by atoms with van der Waals surface area (Å²) >= 11 is 25.8. The van der Waals surface area contributed by atoms with E-state index in [1.165, 1.54) is 0 Å². The van der Waals surface area contributed by atoms with E-state index in [-0.39, 0.29) is 4.29 Å². The maximum Gasteiger partial charge on any atom is 0.124 e. The number of rotatable bonds is 4. The van der Waals surface area contributed by atoms with E-state index in [2.05, 4.69) is 226 Å². The molecule has 0 atom stereocenters. The fraction of sp³-hybridized carbons (Fsp3) is 1.00.